The summed E-state index contributed by atoms with van der Waals surface area (Å²) in [4.78, 5) is 4.82. The van der Waals surface area contributed by atoms with Gasteiger partial charge in [0.25, 0.3) is 0 Å². The zero-order valence-electron chi connectivity index (χ0n) is 7.25. The first kappa shape index (κ1) is 9.81. The smallest absolute Gasteiger partial charge is 0.106 e. The Bertz CT molecular complexity index is 166. The van der Waals surface area contributed by atoms with Gasteiger partial charge in [0.15, 0.2) is 0 Å². The number of halogens is 1. The van der Waals surface area contributed by atoms with Crippen LogP contribution in [0.5, 0.6) is 0 Å². The molecule has 2 bridgehead atoms. The summed E-state index contributed by atoms with van der Waals surface area (Å²) in [7, 11) is 1.63. The topological polar surface area (TPSA) is 33.6 Å². The van der Waals surface area contributed by atoms with E-state index in [1.54, 1.807) is 7.11 Å². The van der Waals surface area contributed by atoms with Crippen molar-refractivity contribution in [3.05, 3.63) is 0 Å². The molecule has 2 aliphatic rings. The molecule has 2 atom stereocenters. The third-order valence-electron chi connectivity index (χ3n) is 2.68. The molecule has 1 heterocycles. The van der Waals surface area contributed by atoms with Crippen LogP contribution in [0, 0.1) is 11.8 Å². The van der Waals surface area contributed by atoms with E-state index in [1.165, 1.54) is 18.6 Å². The lowest BCUT2D eigenvalue weighted by Gasteiger charge is -2.21. The summed E-state index contributed by atoms with van der Waals surface area (Å²) in [6, 6.07) is 0. The van der Waals surface area contributed by atoms with Gasteiger partial charge in [-0.05, 0) is 12.8 Å². The molecule has 1 aliphatic heterocycles. The van der Waals surface area contributed by atoms with Crippen molar-refractivity contribution < 1.29 is 4.84 Å². The van der Waals surface area contributed by atoms with Gasteiger partial charge in [-0.15, -0.1) is 12.4 Å². The Morgan fingerprint density at radius 2 is 1.92 bits per heavy atom. The van der Waals surface area contributed by atoms with Crippen LogP contribution in [0.4, 0.5) is 0 Å². The maximum atomic E-state index is 4.82. The number of hydrogen-bond acceptors (Lipinski definition) is 3. The molecule has 2 unspecified atom stereocenters. The Labute approximate surface area is 78.9 Å². The van der Waals surface area contributed by atoms with Crippen LogP contribution in [0.2, 0.25) is 0 Å². The third-order valence-corrected chi connectivity index (χ3v) is 2.68. The van der Waals surface area contributed by atoms with Crippen molar-refractivity contribution in [3.8, 4) is 0 Å². The molecule has 1 saturated heterocycles. The highest BCUT2D eigenvalue weighted by atomic mass is 35.5. The maximum Gasteiger partial charge on any atom is 0.106 e. The molecular weight excluding hydrogens is 176 g/mol. The van der Waals surface area contributed by atoms with Gasteiger partial charge in [-0.1, -0.05) is 5.16 Å². The van der Waals surface area contributed by atoms with E-state index in [1.807, 2.05) is 0 Å². The van der Waals surface area contributed by atoms with Gasteiger partial charge in [0.1, 0.15) is 7.11 Å². The predicted molar refractivity (Wildman–Crippen MR) is 50.8 cm³/mol. The second kappa shape index (κ2) is 4.10. The van der Waals surface area contributed by atoms with E-state index in [0.717, 1.165) is 13.1 Å². The first-order valence-corrected chi connectivity index (χ1v) is 4.23. The van der Waals surface area contributed by atoms with Gasteiger partial charge in [0.05, 0.1) is 5.71 Å². The van der Waals surface area contributed by atoms with Gasteiger partial charge >= 0.3 is 0 Å². The van der Waals surface area contributed by atoms with Crippen LogP contribution in [-0.2, 0) is 4.84 Å². The van der Waals surface area contributed by atoms with E-state index >= 15 is 0 Å². The quantitative estimate of drug-likeness (QED) is 0.627. The molecule has 0 radical (unpaired) electrons. The fourth-order valence-electron chi connectivity index (χ4n) is 2.13. The van der Waals surface area contributed by atoms with Crippen molar-refractivity contribution in [2.45, 2.75) is 12.8 Å². The van der Waals surface area contributed by atoms with Crippen LogP contribution < -0.4 is 5.32 Å². The van der Waals surface area contributed by atoms with E-state index in [2.05, 4.69) is 10.5 Å². The Morgan fingerprint density at radius 1 is 1.33 bits per heavy atom. The molecule has 0 aromatic rings. The Kier molecular flexibility index (Phi) is 3.35. The lowest BCUT2D eigenvalue weighted by molar-refractivity contribution is 0.208. The van der Waals surface area contributed by atoms with E-state index in [9.17, 15) is 0 Å². The highest BCUT2D eigenvalue weighted by Crippen LogP contribution is 2.30. The van der Waals surface area contributed by atoms with Crippen LogP contribution in [0.1, 0.15) is 12.8 Å². The highest BCUT2D eigenvalue weighted by Gasteiger charge is 2.35. The second-order valence-corrected chi connectivity index (χ2v) is 3.33. The van der Waals surface area contributed by atoms with Gasteiger partial charge in [0, 0.05) is 24.9 Å². The molecule has 2 rings (SSSR count). The van der Waals surface area contributed by atoms with Crippen molar-refractivity contribution in [3.63, 3.8) is 0 Å². The molecule has 0 amide bonds. The molecule has 0 spiro atoms. The summed E-state index contributed by atoms with van der Waals surface area (Å²) < 4.78 is 0. The molecule has 2 fully saturated rings. The van der Waals surface area contributed by atoms with E-state index < -0.39 is 0 Å². The van der Waals surface area contributed by atoms with Gasteiger partial charge in [-0.2, -0.15) is 0 Å². The number of nitrogens with one attached hydrogen (secondary N) is 1. The number of rotatable bonds is 1. The molecule has 0 aromatic carbocycles. The van der Waals surface area contributed by atoms with Gasteiger partial charge in [0.2, 0.25) is 0 Å². The summed E-state index contributed by atoms with van der Waals surface area (Å²) >= 11 is 0. The summed E-state index contributed by atoms with van der Waals surface area (Å²) in [6.45, 7) is 2.19. The maximum absolute atomic E-state index is 4.82. The average Bonchev–Trinajstić information content (AvgIpc) is 2.30. The summed E-state index contributed by atoms with van der Waals surface area (Å²) in [5.74, 6) is 1.32. The normalized spacial score (nSPS) is 32.6. The molecule has 70 valence electrons. The van der Waals surface area contributed by atoms with Gasteiger partial charge in [-0.3, -0.25) is 0 Å². The van der Waals surface area contributed by atoms with Crippen molar-refractivity contribution in [2.24, 2.45) is 17.0 Å². The van der Waals surface area contributed by atoms with Crippen LogP contribution in [-0.4, -0.2) is 25.9 Å². The number of oxime groups is 1. The molecule has 4 heteroatoms. The van der Waals surface area contributed by atoms with E-state index in [-0.39, 0.29) is 12.4 Å². The average molecular weight is 191 g/mol. The highest BCUT2D eigenvalue weighted by molar-refractivity contribution is 5.91. The number of nitrogens with zero attached hydrogens (tertiary/aromatic N) is 1. The van der Waals surface area contributed by atoms with Gasteiger partial charge in [-0.25, -0.2) is 0 Å². The van der Waals surface area contributed by atoms with Crippen molar-refractivity contribution in [2.75, 3.05) is 20.2 Å². The van der Waals surface area contributed by atoms with Crippen LogP contribution >= 0.6 is 12.4 Å². The standard InChI is InChI=1S/C8H14N2O.ClH/c1-11-10-8-6-2-3-7(8)5-9-4-6;/h6-7,9H,2-5H2,1H3;1H. The third kappa shape index (κ3) is 1.57. The SMILES string of the molecule is CON=C1C2CCC1CNC2.Cl. The molecule has 12 heavy (non-hydrogen) atoms. The zero-order valence-corrected chi connectivity index (χ0v) is 8.06. The second-order valence-electron chi connectivity index (χ2n) is 3.33. The van der Waals surface area contributed by atoms with E-state index in [0.29, 0.717) is 11.8 Å². The largest absolute Gasteiger partial charge is 0.399 e. The van der Waals surface area contributed by atoms with Crippen LogP contribution in [0.3, 0.4) is 0 Å². The summed E-state index contributed by atoms with van der Waals surface area (Å²) in [6.07, 6.45) is 2.58. The van der Waals surface area contributed by atoms with Crippen molar-refractivity contribution in [1.82, 2.24) is 5.32 Å². The molecule has 0 aromatic heterocycles. The Hall–Kier alpha value is -0.280. The van der Waals surface area contributed by atoms with Crippen LogP contribution in [0.15, 0.2) is 5.16 Å². The zero-order chi connectivity index (χ0) is 7.68. The van der Waals surface area contributed by atoms with Gasteiger partial charge < -0.3 is 10.2 Å². The summed E-state index contributed by atoms with van der Waals surface area (Å²) in [5.41, 5.74) is 1.30. The first-order valence-electron chi connectivity index (χ1n) is 4.23. The minimum atomic E-state index is 0. The first-order chi connectivity index (χ1) is 5.42. The minimum Gasteiger partial charge on any atom is -0.399 e. The molecule has 1 N–H and O–H groups in total. The fraction of sp³-hybridized carbons (Fsp3) is 0.875. The Morgan fingerprint density at radius 3 is 2.42 bits per heavy atom. The lowest BCUT2D eigenvalue weighted by atomic mass is 9.98. The molecule has 1 saturated carbocycles. The van der Waals surface area contributed by atoms with Crippen molar-refractivity contribution in [1.29, 1.82) is 0 Å². The predicted octanol–water partition coefficient (Wildman–Crippen LogP) is 1.04. The number of hydrogen-bond donors (Lipinski definition) is 1. The van der Waals surface area contributed by atoms with Crippen LogP contribution in [0.25, 0.3) is 0 Å². The molecular formula is C8H15ClN2O. The van der Waals surface area contributed by atoms with Crippen molar-refractivity contribution >= 4 is 18.1 Å². The number of fused-ring (bicyclic) bond motifs is 2. The van der Waals surface area contributed by atoms with E-state index in [4.69, 9.17) is 4.84 Å². The Balaban J connectivity index is 0.000000720. The lowest BCUT2D eigenvalue weighted by Crippen LogP contribution is -2.38. The minimum absolute atomic E-state index is 0. The summed E-state index contributed by atoms with van der Waals surface area (Å²) in [5, 5.41) is 7.48. The molecule has 3 nitrogen and oxygen atoms in total. The molecule has 1 aliphatic carbocycles. The fourth-order valence-corrected chi connectivity index (χ4v) is 2.13. The number of piperidine rings is 1. The monoisotopic (exact) mass is 190 g/mol.